The van der Waals surface area contributed by atoms with Crippen molar-refractivity contribution in [3.05, 3.63) is 6.07 Å². The zero-order valence-electron chi connectivity index (χ0n) is 18.7. The molecular formula is C23H38N6S. The molecule has 1 aromatic heterocycles. The van der Waals surface area contributed by atoms with E-state index < -0.39 is 0 Å². The average Bonchev–Trinajstić information content (AvgIpc) is 2.74. The van der Waals surface area contributed by atoms with Gasteiger partial charge in [-0.1, -0.05) is 33.1 Å². The second-order valence-electron chi connectivity index (χ2n) is 9.70. The fourth-order valence-corrected chi connectivity index (χ4v) is 5.27. The molecule has 1 unspecified atom stereocenters. The molecule has 0 spiro atoms. The van der Waals surface area contributed by atoms with Crippen LogP contribution >= 0.6 is 12.2 Å². The molecule has 3 aliphatic rings. The lowest BCUT2D eigenvalue weighted by Crippen LogP contribution is -2.40. The summed E-state index contributed by atoms with van der Waals surface area (Å²) < 4.78 is 0. The third-order valence-corrected chi connectivity index (χ3v) is 7.17. The van der Waals surface area contributed by atoms with Gasteiger partial charge in [-0.25, -0.2) is 0 Å². The SMILES string of the molecule is CC1CCN(c2cc(N3CCCC(C)C3)nc(NC(=S)NC3CCCCC3)n2)CC1. The first-order chi connectivity index (χ1) is 14.6. The third kappa shape index (κ3) is 5.74. The molecule has 4 rings (SSSR count). The van der Waals surface area contributed by atoms with Gasteiger partial charge in [-0.2, -0.15) is 9.97 Å². The minimum absolute atomic E-state index is 0.480. The number of nitrogens with one attached hydrogen (secondary N) is 2. The van der Waals surface area contributed by atoms with Crippen molar-refractivity contribution in [2.75, 3.05) is 41.3 Å². The number of nitrogens with zero attached hydrogens (tertiary/aromatic N) is 4. The molecule has 166 valence electrons. The van der Waals surface area contributed by atoms with Gasteiger partial charge < -0.3 is 20.4 Å². The van der Waals surface area contributed by atoms with Crippen LogP contribution in [0.15, 0.2) is 6.07 Å². The highest BCUT2D eigenvalue weighted by Crippen LogP contribution is 2.28. The van der Waals surface area contributed by atoms with Gasteiger partial charge in [0.2, 0.25) is 5.95 Å². The van der Waals surface area contributed by atoms with Crippen LogP contribution in [-0.2, 0) is 0 Å². The van der Waals surface area contributed by atoms with E-state index in [1.165, 1.54) is 57.8 Å². The standard InChI is InChI=1S/C23H38N6S/c1-17-10-13-28(14-11-17)20-15-21(29-12-6-7-18(2)16-29)26-22(25-20)27-23(30)24-19-8-4-3-5-9-19/h15,17-19H,3-14,16H2,1-2H3,(H2,24,25,26,27,30). The molecule has 2 aliphatic heterocycles. The van der Waals surface area contributed by atoms with Gasteiger partial charge in [-0.3, -0.25) is 0 Å². The number of aromatic nitrogens is 2. The van der Waals surface area contributed by atoms with Gasteiger partial charge >= 0.3 is 0 Å². The zero-order chi connectivity index (χ0) is 20.9. The van der Waals surface area contributed by atoms with Gasteiger partial charge in [0.15, 0.2) is 5.11 Å². The maximum atomic E-state index is 5.62. The van der Waals surface area contributed by atoms with Crippen molar-refractivity contribution in [1.82, 2.24) is 15.3 Å². The number of piperidine rings is 2. The molecule has 0 bridgehead atoms. The van der Waals surface area contributed by atoms with Crippen molar-refractivity contribution >= 4 is 34.9 Å². The maximum absolute atomic E-state index is 5.62. The smallest absolute Gasteiger partial charge is 0.232 e. The molecular weight excluding hydrogens is 392 g/mol. The monoisotopic (exact) mass is 430 g/mol. The van der Waals surface area contributed by atoms with Crippen LogP contribution in [0.5, 0.6) is 0 Å². The highest BCUT2D eigenvalue weighted by molar-refractivity contribution is 7.80. The number of hydrogen-bond donors (Lipinski definition) is 2. The molecule has 0 amide bonds. The van der Waals surface area contributed by atoms with Crippen molar-refractivity contribution in [2.45, 2.75) is 77.7 Å². The van der Waals surface area contributed by atoms with Crippen molar-refractivity contribution < 1.29 is 0 Å². The minimum atomic E-state index is 0.480. The molecule has 3 fully saturated rings. The third-order valence-electron chi connectivity index (χ3n) is 6.95. The fourth-order valence-electron chi connectivity index (χ4n) is 5.01. The Morgan fingerprint density at radius 2 is 1.57 bits per heavy atom. The summed E-state index contributed by atoms with van der Waals surface area (Å²) in [5.41, 5.74) is 0. The minimum Gasteiger partial charge on any atom is -0.360 e. The van der Waals surface area contributed by atoms with Crippen LogP contribution in [0, 0.1) is 11.8 Å². The Labute approximate surface area is 187 Å². The van der Waals surface area contributed by atoms with E-state index in [0.717, 1.165) is 43.7 Å². The molecule has 1 aromatic rings. The first kappa shape index (κ1) is 21.6. The molecule has 0 radical (unpaired) electrons. The second-order valence-corrected chi connectivity index (χ2v) is 10.1. The Morgan fingerprint density at radius 3 is 2.27 bits per heavy atom. The molecule has 7 heteroatoms. The summed E-state index contributed by atoms with van der Waals surface area (Å²) in [5.74, 6) is 4.21. The first-order valence-electron chi connectivity index (χ1n) is 12.0. The number of hydrogen-bond acceptors (Lipinski definition) is 5. The predicted molar refractivity (Wildman–Crippen MR) is 129 cm³/mol. The zero-order valence-corrected chi connectivity index (χ0v) is 19.5. The van der Waals surface area contributed by atoms with Gasteiger partial charge in [0.25, 0.3) is 0 Å². The number of thiocarbonyl (C=S) groups is 1. The largest absolute Gasteiger partial charge is 0.360 e. The molecule has 1 saturated carbocycles. The van der Waals surface area contributed by atoms with Crippen LogP contribution in [0.25, 0.3) is 0 Å². The van der Waals surface area contributed by atoms with Crippen LogP contribution in [0.3, 0.4) is 0 Å². The van der Waals surface area contributed by atoms with E-state index in [4.69, 9.17) is 22.2 Å². The lowest BCUT2D eigenvalue weighted by atomic mass is 9.96. The first-order valence-corrected chi connectivity index (χ1v) is 12.4. The molecule has 6 nitrogen and oxygen atoms in total. The van der Waals surface area contributed by atoms with E-state index in [-0.39, 0.29) is 0 Å². The summed E-state index contributed by atoms with van der Waals surface area (Å²) >= 11 is 5.62. The quantitative estimate of drug-likeness (QED) is 0.679. The average molecular weight is 431 g/mol. The summed E-state index contributed by atoms with van der Waals surface area (Å²) in [4.78, 5) is 14.6. The van der Waals surface area contributed by atoms with Crippen LogP contribution in [0.4, 0.5) is 17.6 Å². The highest BCUT2D eigenvalue weighted by Gasteiger charge is 2.23. The highest BCUT2D eigenvalue weighted by atomic mass is 32.1. The summed E-state index contributed by atoms with van der Waals surface area (Å²) in [6.07, 6.45) is 11.3. The van der Waals surface area contributed by atoms with Gasteiger partial charge in [-0.15, -0.1) is 0 Å². The van der Waals surface area contributed by atoms with Crippen molar-refractivity contribution in [1.29, 1.82) is 0 Å². The van der Waals surface area contributed by atoms with Crippen molar-refractivity contribution in [3.8, 4) is 0 Å². The molecule has 2 saturated heterocycles. The maximum Gasteiger partial charge on any atom is 0.232 e. The summed E-state index contributed by atoms with van der Waals surface area (Å²) in [7, 11) is 0. The Bertz CT molecular complexity index is 712. The Morgan fingerprint density at radius 1 is 0.867 bits per heavy atom. The normalized spacial score (nSPS) is 24.0. The fraction of sp³-hybridized carbons (Fsp3) is 0.783. The van der Waals surface area contributed by atoms with Gasteiger partial charge in [-0.05, 0) is 62.6 Å². The van der Waals surface area contributed by atoms with E-state index in [9.17, 15) is 0 Å². The van der Waals surface area contributed by atoms with Crippen LogP contribution in [0.2, 0.25) is 0 Å². The predicted octanol–water partition coefficient (Wildman–Crippen LogP) is 4.57. The van der Waals surface area contributed by atoms with E-state index in [0.29, 0.717) is 23.0 Å². The Kier molecular flexibility index (Phi) is 7.28. The topological polar surface area (TPSA) is 56.3 Å². The van der Waals surface area contributed by atoms with Gasteiger partial charge in [0, 0.05) is 38.3 Å². The molecule has 0 aromatic carbocycles. The van der Waals surface area contributed by atoms with E-state index in [1.54, 1.807) is 0 Å². The number of rotatable bonds is 4. The van der Waals surface area contributed by atoms with E-state index >= 15 is 0 Å². The van der Waals surface area contributed by atoms with E-state index in [2.05, 4.69) is 40.3 Å². The lowest BCUT2D eigenvalue weighted by molar-refractivity contribution is 0.414. The van der Waals surface area contributed by atoms with E-state index in [1.807, 2.05) is 0 Å². The summed E-state index contributed by atoms with van der Waals surface area (Å²) in [5, 5.41) is 7.46. The Hall–Kier alpha value is -1.63. The molecule has 3 heterocycles. The molecule has 30 heavy (non-hydrogen) atoms. The Balaban J connectivity index is 1.51. The second kappa shape index (κ2) is 10.1. The molecule has 1 aliphatic carbocycles. The molecule has 1 atom stereocenters. The summed E-state index contributed by atoms with van der Waals surface area (Å²) in [6.45, 7) is 8.96. The summed E-state index contributed by atoms with van der Waals surface area (Å²) in [6, 6.07) is 2.67. The van der Waals surface area contributed by atoms with Crippen LogP contribution < -0.4 is 20.4 Å². The van der Waals surface area contributed by atoms with Crippen LogP contribution in [-0.4, -0.2) is 47.3 Å². The van der Waals surface area contributed by atoms with Gasteiger partial charge in [0.1, 0.15) is 11.6 Å². The number of anilines is 3. The molecule has 2 N–H and O–H groups in total. The van der Waals surface area contributed by atoms with Crippen molar-refractivity contribution in [2.24, 2.45) is 11.8 Å². The van der Waals surface area contributed by atoms with Crippen molar-refractivity contribution in [3.63, 3.8) is 0 Å². The van der Waals surface area contributed by atoms with Crippen LogP contribution in [0.1, 0.15) is 71.6 Å². The lowest BCUT2D eigenvalue weighted by Gasteiger charge is -2.34. The van der Waals surface area contributed by atoms with Gasteiger partial charge in [0.05, 0.1) is 0 Å².